The van der Waals surface area contributed by atoms with Crippen LogP contribution in [0, 0.1) is 6.92 Å². The second-order valence-electron chi connectivity index (χ2n) is 8.33. The molecule has 5 rings (SSSR count). The summed E-state index contributed by atoms with van der Waals surface area (Å²) in [6.45, 7) is 3.23. The smallest absolute Gasteiger partial charge is 0.262 e. The van der Waals surface area contributed by atoms with Crippen LogP contribution in [0.15, 0.2) is 79.0 Å². The third kappa shape index (κ3) is 3.65. The highest BCUT2D eigenvalue weighted by Gasteiger charge is 2.28. The Labute approximate surface area is 184 Å². The average molecular weight is 410 g/mol. The van der Waals surface area contributed by atoms with Gasteiger partial charge in [0.15, 0.2) is 17.1 Å². The van der Waals surface area contributed by atoms with Gasteiger partial charge in [-0.2, -0.15) is 4.57 Å². The molecule has 31 heavy (non-hydrogen) atoms. The fraction of sp³-hybridized carbons (Fsp3) is 0.250. The molecule has 0 unspecified atom stereocenters. The topological polar surface area (TPSA) is 18.0 Å². The first-order chi connectivity index (χ1) is 15.3. The summed E-state index contributed by atoms with van der Waals surface area (Å²) in [5.74, 6) is 2.27. The normalized spacial score (nSPS) is 13.5. The lowest BCUT2D eigenvalue weighted by molar-refractivity contribution is -0.692. The van der Waals surface area contributed by atoms with E-state index in [0.29, 0.717) is 0 Å². The molecule has 0 aliphatic carbocycles. The Balaban J connectivity index is 1.61. The molecule has 0 bridgehead atoms. The van der Waals surface area contributed by atoms with E-state index in [1.54, 1.807) is 7.11 Å². The summed E-state index contributed by atoms with van der Waals surface area (Å²) in [5, 5.41) is 0. The maximum absolute atomic E-state index is 5.68. The molecule has 0 saturated heterocycles. The van der Waals surface area contributed by atoms with Gasteiger partial charge in [-0.05, 0) is 67.1 Å². The van der Waals surface area contributed by atoms with E-state index < -0.39 is 0 Å². The molecule has 1 aromatic heterocycles. The van der Waals surface area contributed by atoms with Crippen LogP contribution in [-0.4, -0.2) is 11.7 Å². The first-order valence-electron chi connectivity index (χ1n) is 11.2. The van der Waals surface area contributed by atoms with Crippen LogP contribution in [0.25, 0.3) is 28.1 Å². The number of para-hydroxylation sites is 2. The highest BCUT2D eigenvalue weighted by Crippen LogP contribution is 2.30. The maximum Gasteiger partial charge on any atom is 0.262 e. The Kier molecular flexibility index (Phi) is 5.33. The Bertz CT molecular complexity index is 1200. The number of hydrogen-bond donors (Lipinski definition) is 0. The number of aryl methyl sites for hydroxylation is 1. The lowest BCUT2D eigenvalue weighted by Crippen LogP contribution is -2.38. The van der Waals surface area contributed by atoms with Gasteiger partial charge >= 0.3 is 0 Å². The molecule has 1 aliphatic heterocycles. The number of nitrogens with zero attached hydrogens (tertiary/aromatic N) is 2. The Morgan fingerprint density at radius 1 is 0.806 bits per heavy atom. The van der Waals surface area contributed by atoms with E-state index in [4.69, 9.17) is 4.74 Å². The third-order valence-corrected chi connectivity index (χ3v) is 6.40. The summed E-state index contributed by atoms with van der Waals surface area (Å²) in [7, 11) is 1.75. The van der Waals surface area contributed by atoms with Crippen molar-refractivity contribution in [1.82, 2.24) is 4.57 Å². The van der Waals surface area contributed by atoms with Gasteiger partial charge in [-0.3, -0.25) is 0 Å². The number of benzene rings is 3. The Morgan fingerprint density at radius 3 is 2.35 bits per heavy atom. The molecule has 0 saturated carbocycles. The summed E-state index contributed by atoms with van der Waals surface area (Å²) in [6.07, 6.45) is 7.10. The maximum atomic E-state index is 5.68. The zero-order chi connectivity index (χ0) is 21.2. The van der Waals surface area contributed by atoms with Crippen molar-refractivity contribution in [3.63, 3.8) is 0 Å². The summed E-state index contributed by atoms with van der Waals surface area (Å²) < 4.78 is 10.5. The standard InChI is InChI=1S/C28H29N2O/c1-21-10-5-6-11-24(21)22-15-17-23(18-16-22)26-20-30(25-12-7-8-13-27(25)31-2)28-14-4-3-9-19-29(26)28/h5-8,10-13,15-18,20H,3-4,9,14,19H2,1-2H3/q+1. The summed E-state index contributed by atoms with van der Waals surface area (Å²) >= 11 is 0. The number of imidazole rings is 1. The number of ether oxygens (including phenoxy) is 1. The minimum atomic E-state index is 0.909. The second kappa shape index (κ2) is 8.43. The van der Waals surface area contributed by atoms with E-state index in [9.17, 15) is 0 Å². The first-order valence-corrected chi connectivity index (χ1v) is 11.2. The lowest BCUT2D eigenvalue weighted by Gasteiger charge is -2.07. The van der Waals surface area contributed by atoms with Crippen molar-refractivity contribution < 1.29 is 9.30 Å². The molecule has 3 aromatic carbocycles. The molecule has 1 aliphatic rings. The Morgan fingerprint density at radius 2 is 1.55 bits per heavy atom. The average Bonchev–Trinajstić information content (AvgIpc) is 2.99. The van der Waals surface area contributed by atoms with Crippen LogP contribution < -0.4 is 9.30 Å². The van der Waals surface area contributed by atoms with Crippen LogP contribution in [0.5, 0.6) is 5.75 Å². The van der Waals surface area contributed by atoms with Crippen LogP contribution in [0.3, 0.4) is 0 Å². The molecule has 4 aromatic rings. The van der Waals surface area contributed by atoms with Crippen molar-refractivity contribution in [3.8, 4) is 33.8 Å². The number of aromatic nitrogens is 2. The SMILES string of the molecule is COc1ccccc1-n1cc(-c2ccc(-c3ccccc3C)cc2)[n+]2c1CCCCC2. The van der Waals surface area contributed by atoms with Crippen molar-refractivity contribution >= 4 is 0 Å². The van der Waals surface area contributed by atoms with E-state index in [2.05, 4.69) is 82.9 Å². The summed E-state index contributed by atoms with van der Waals surface area (Å²) in [6, 6.07) is 25.9. The zero-order valence-electron chi connectivity index (χ0n) is 18.3. The fourth-order valence-electron chi connectivity index (χ4n) is 4.76. The van der Waals surface area contributed by atoms with E-state index in [1.165, 1.54) is 53.0 Å². The second-order valence-corrected chi connectivity index (χ2v) is 8.33. The lowest BCUT2D eigenvalue weighted by atomic mass is 9.99. The Hall–Kier alpha value is -3.33. The third-order valence-electron chi connectivity index (χ3n) is 6.40. The van der Waals surface area contributed by atoms with Gasteiger partial charge < -0.3 is 4.74 Å². The monoisotopic (exact) mass is 409 g/mol. The molecule has 3 heteroatoms. The van der Waals surface area contributed by atoms with Gasteiger partial charge in [0.05, 0.1) is 13.7 Å². The molecule has 0 fully saturated rings. The number of fused-ring (bicyclic) bond motifs is 1. The minimum absolute atomic E-state index is 0.909. The molecule has 0 radical (unpaired) electrons. The molecule has 0 amide bonds. The van der Waals surface area contributed by atoms with Crippen LogP contribution >= 0.6 is 0 Å². The van der Waals surface area contributed by atoms with Gasteiger partial charge in [0.2, 0.25) is 0 Å². The molecule has 156 valence electrons. The molecule has 2 heterocycles. The minimum Gasteiger partial charge on any atom is -0.492 e. The number of methoxy groups -OCH3 is 1. The van der Waals surface area contributed by atoms with Crippen LogP contribution in [-0.2, 0) is 13.0 Å². The van der Waals surface area contributed by atoms with Crippen LogP contribution in [0.2, 0.25) is 0 Å². The molecule has 0 N–H and O–H groups in total. The highest BCUT2D eigenvalue weighted by atomic mass is 16.5. The summed E-state index contributed by atoms with van der Waals surface area (Å²) in [5.41, 5.74) is 7.52. The van der Waals surface area contributed by atoms with Gasteiger partial charge in [-0.25, -0.2) is 4.57 Å². The fourth-order valence-corrected chi connectivity index (χ4v) is 4.76. The predicted octanol–water partition coefficient (Wildman–Crippen LogP) is 6.14. The van der Waals surface area contributed by atoms with Gasteiger partial charge in [0.1, 0.15) is 6.20 Å². The van der Waals surface area contributed by atoms with Gasteiger partial charge in [-0.15, -0.1) is 0 Å². The van der Waals surface area contributed by atoms with Crippen LogP contribution in [0.4, 0.5) is 0 Å². The first kappa shape index (κ1) is 19.6. The van der Waals surface area contributed by atoms with Crippen molar-refractivity contribution in [3.05, 3.63) is 90.4 Å². The largest absolute Gasteiger partial charge is 0.492 e. The van der Waals surface area contributed by atoms with Crippen molar-refractivity contribution in [2.24, 2.45) is 0 Å². The van der Waals surface area contributed by atoms with E-state index in [0.717, 1.165) is 24.4 Å². The molecular formula is C28H29N2O+. The number of hydrogen-bond acceptors (Lipinski definition) is 1. The zero-order valence-corrected chi connectivity index (χ0v) is 18.3. The van der Waals surface area contributed by atoms with Gasteiger partial charge in [-0.1, -0.05) is 48.5 Å². The highest BCUT2D eigenvalue weighted by molar-refractivity contribution is 5.70. The number of rotatable bonds is 4. The van der Waals surface area contributed by atoms with Crippen molar-refractivity contribution in [2.75, 3.05) is 7.11 Å². The van der Waals surface area contributed by atoms with Crippen molar-refractivity contribution in [1.29, 1.82) is 0 Å². The quantitative estimate of drug-likeness (QED) is 0.370. The van der Waals surface area contributed by atoms with Gasteiger partial charge in [0.25, 0.3) is 5.82 Å². The molecule has 0 spiro atoms. The molecular weight excluding hydrogens is 380 g/mol. The molecule has 3 nitrogen and oxygen atoms in total. The van der Waals surface area contributed by atoms with Crippen molar-refractivity contribution in [2.45, 2.75) is 39.2 Å². The van der Waals surface area contributed by atoms with E-state index in [-0.39, 0.29) is 0 Å². The predicted molar refractivity (Wildman–Crippen MR) is 126 cm³/mol. The van der Waals surface area contributed by atoms with E-state index in [1.807, 2.05) is 12.1 Å². The van der Waals surface area contributed by atoms with Crippen LogP contribution in [0.1, 0.15) is 30.7 Å². The summed E-state index contributed by atoms with van der Waals surface area (Å²) in [4.78, 5) is 0. The van der Waals surface area contributed by atoms with Gasteiger partial charge in [0, 0.05) is 12.0 Å². The van der Waals surface area contributed by atoms with E-state index >= 15 is 0 Å². The molecule has 0 atom stereocenters.